The summed E-state index contributed by atoms with van der Waals surface area (Å²) in [4.78, 5) is 23.2. The Morgan fingerprint density at radius 2 is 1.74 bits per heavy atom. The molecule has 7 nitrogen and oxygen atoms in total. The topological polar surface area (TPSA) is 97.1 Å². The molecule has 0 atom stereocenters. The molecule has 138 valence electrons. The molecule has 0 saturated heterocycles. The van der Waals surface area contributed by atoms with Gasteiger partial charge in [0.25, 0.3) is 0 Å². The van der Waals surface area contributed by atoms with Crippen LogP contribution >= 0.6 is 11.6 Å². The van der Waals surface area contributed by atoms with Crippen LogP contribution in [-0.2, 0) is 16.0 Å². The average molecular weight is 385 g/mol. The Kier molecular flexibility index (Phi) is 5.83. The van der Waals surface area contributed by atoms with Crippen LogP contribution in [0.2, 0.25) is 5.02 Å². The lowest BCUT2D eigenvalue weighted by atomic mass is 10.2. The largest absolute Gasteiger partial charge is 0.421 e. The van der Waals surface area contributed by atoms with Crippen molar-refractivity contribution >= 4 is 34.8 Å². The van der Waals surface area contributed by atoms with Crippen LogP contribution in [0, 0.1) is 0 Å². The van der Waals surface area contributed by atoms with E-state index in [2.05, 4.69) is 20.8 Å². The van der Waals surface area contributed by atoms with E-state index >= 15 is 0 Å². The van der Waals surface area contributed by atoms with Crippen LogP contribution in [-0.4, -0.2) is 22.0 Å². The fraction of sp³-hybridized carbons (Fsp3) is 0.158. The molecule has 0 aliphatic carbocycles. The monoisotopic (exact) mass is 384 g/mol. The van der Waals surface area contributed by atoms with Crippen LogP contribution in [0.25, 0.3) is 11.5 Å². The van der Waals surface area contributed by atoms with Gasteiger partial charge in [-0.3, -0.25) is 9.59 Å². The van der Waals surface area contributed by atoms with Gasteiger partial charge in [0.2, 0.25) is 23.6 Å². The summed E-state index contributed by atoms with van der Waals surface area (Å²) in [6.45, 7) is 1.42. The van der Waals surface area contributed by atoms with Crippen LogP contribution in [0.5, 0.6) is 0 Å². The number of aryl methyl sites for hydroxylation is 1. The fourth-order valence-corrected chi connectivity index (χ4v) is 2.51. The van der Waals surface area contributed by atoms with Crippen molar-refractivity contribution in [2.75, 3.05) is 10.6 Å². The quantitative estimate of drug-likeness (QED) is 0.671. The van der Waals surface area contributed by atoms with Crippen LogP contribution in [0.3, 0.4) is 0 Å². The van der Waals surface area contributed by atoms with Crippen molar-refractivity contribution in [1.82, 2.24) is 10.2 Å². The average Bonchev–Trinajstić information content (AvgIpc) is 3.09. The fourth-order valence-electron chi connectivity index (χ4n) is 2.39. The maximum absolute atomic E-state index is 12.1. The van der Waals surface area contributed by atoms with E-state index in [1.807, 2.05) is 0 Å². The van der Waals surface area contributed by atoms with Crippen LogP contribution in [0.15, 0.2) is 52.9 Å². The van der Waals surface area contributed by atoms with E-state index in [-0.39, 0.29) is 18.2 Å². The summed E-state index contributed by atoms with van der Waals surface area (Å²) in [7, 11) is 0. The standard InChI is InChI=1S/C19H17ClN4O3/c1-12(25)21-15-3-2-4-16(11-15)22-17(26)9-10-18-23-24-19(27-18)13-5-7-14(20)8-6-13/h2-8,11H,9-10H2,1H3,(H,21,25)(H,22,26). The maximum atomic E-state index is 12.1. The number of benzene rings is 2. The first-order valence-corrected chi connectivity index (χ1v) is 8.63. The van der Waals surface area contributed by atoms with Crippen molar-refractivity contribution in [2.24, 2.45) is 0 Å². The summed E-state index contributed by atoms with van der Waals surface area (Å²) < 4.78 is 5.58. The van der Waals surface area contributed by atoms with Crippen LogP contribution in [0.1, 0.15) is 19.2 Å². The lowest BCUT2D eigenvalue weighted by Crippen LogP contribution is -2.13. The van der Waals surface area contributed by atoms with Crippen LogP contribution < -0.4 is 10.6 Å². The van der Waals surface area contributed by atoms with Gasteiger partial charge in [-0.05, 0) is 42.5 Å². The van der Waals surface area contributed by atoms with Gasteiger partial charge in [0.05, 0.1) is 0 Å². The Labute approximate surface area is 160 Å². The van der Waals surface area contributed by atoms with Gasteiger partial charge in [0, 0.05) is 41.7 Å². The van der Waals surface area contributed by atoms with Gasteiger partial charge in [-0.15, -0.1) is 10.2 Å². The molecule has 0 aliphatic heterocycles. The van der Waals surface area contributed by atoms with Crippen molar-refractivity contribution in [2.45, 2.75) is 19.8 Å². The minimum absolute atomic E-state index is 0.175. The number of anilines is 2. The third-order valence-corrected chi connectivity index (χ3v) is 3.84. The zero-order valence-corrected chi connectivity index (χ0v) is 15.3. The molecule has 0 spiro atoms. The molecular formula is C19H17ClN4O3. The highest BCUT2D eigenvalue weighted by atomic mass is 35.5. The van der Waals surface area contributed by atoms with Gasteiger partial charge in [-0.1, -0.05) is 17.7 Å². The predicted molar refractivity (Wildman–Crippen MR) is 102 cm³/mol. The van der Waals surface area contributed by atoms with Crippen molar-refractivity contribution < 1.29 is 14.0 Å². The zero-order valence-electron chi connectivity index (χ0n) is 14.5. The highest BCUT2D eigenvalue weighted by Gasteiger charge is 2.11. The van der Waals surface area contributed by atoms with E-state index in [0.29, 0.717) is 34.6 Å². The second kappa shape index (κ2) is 8.46. The van der Waals surface area contributed by atoms with E-state index < -0.39 is 0 Å². The number of halogens is 1. The van der Waals surface area contributed by atoms with Crippen LogP contribution in [0.4, 0.5) is 11.4 Å². The Balaban J connectivity index is 1.55. The summed E-state index contributed by atoms with van der Waals surface area (Å²) in [5, 5.41) is 14.0. The summed E-state index contributed by atoms with van der Waals surface area (Å²) in [5.41, 5.74) is 1.97. The van der Waals surface area contributed by atoms with E-state index in [1.165, 1.54) is 6.92 Å². The summed E-state index contributed by atoms with van der Waals surface area (Å²) in [6, 6.07) is 14.0. The van der Waals surface area contributed by atoms with Gasteiger partial charge in [0.1, 0.15) is 0 Å². The second-order valence-electron chi connectivity index (χ2n) is 5.82. The Bertz CT molecular complexity index is 954. The summed E-state index contributed by atoms with van der Waals surface area (Å²) in [5.74, 6) is 0.389. The highest BCUT2D eigenvalue weighted by Crippen LogP contribution is 2.21. The molecule has 2 N–H and O–H groups in total. The molecule has 27 heavy (non-hydrogen) atoms. The molecule has 0 bridgehead atoms. The summed E-state index contributed by atoms with van der Waals surface area (Å²) >= 11 is 5.86. The zero-order chi connectivity index (χ0) is 19.2. The number of carbonyl (C=O) groups is 2. The summed E-state index contributed by atoms with van der Waals surface area (Å²) in [6.07, 6.45) is 0.504. The number of hydrogen-bond acceptors (Lipinski definition) is 5. The number of carbonyl (C=O) groups excluding carboxylic acids is 2. The molecule has 1 heterocycles. The number of hydrogen-bond donors (Lipinski definition) is 2. The first-order chi connectivity index (χ1) is 13.0. The predicted octanol–water partition coefficient (Wildman–Crippen LogP) is 3.92. The molecule has 0 saturated carbocycles. The molecule has 0 aliphatic rings. The Hall–Kier alpha value is -3.19. The van der Waals surface area contributed by atoms with E-state index in [4.69, 9.17) is 16.0 Å². The Morgan fingerprint density at radius 1 is 1.04 bits per heavy atom. The minimum Gasteiger partial charge on any atom is -0.421 e. The molecule has 3 rings (SSSR count). The lowest BCUT2D eigenvalue weighted by Gasteiger charge is -2.07. The van der Waals surface area contributed by atoms with Gasteiger partial charge in [0.15, 0.2) is 0 Å². The number of rotatable bonds is 6. The van der Waals surface area contributed by atoms with E-state index in [1.54, 1.807) is 48.5 Å². The van der Waals surface area contributed by atoms with Crippen molar-refractivity contribution in [3.8, 4) is 11.5 Å². The molecule has 3 aromatic rings. The van der Waals surface area contributed by atoms with E-state index in [9.17, 15) is 9.59 Å². The van der Waals surface area contributed by atoms with Gasteiger partial charge in [-0.25, -0.2) is 0 Å². The number of nitrogens with zero attached hydrogens (tertiary/aromatic N) is 2. The van der Waals surface area contributed by atoms with Crippen molar-refractivity contribution in [3.63, 3.8) is 0 Å². The molecule has 0 fully saturated rings. The smallest absolute Gasteiger partial charge is 0.247 e. The van der Waals surface area contributed by atoms with Gasteiger partial charge >= 0.3 is 0 Å². The number of nitrogens with one attached hydrogen (secondary N) is 2. The maximum Gasteiger partial charge on any atom is 0.247 e. The number of amides is 2. The first kappa shape index (κ1) is 18.6. The number of aromatic nitrogens is 2. The van der Waals surface area contributed by atoms with E-state index in [0.717, 1.165) is 5.56 Å². The van der Waals surface area contributed by atoms with Gasteiger partial charge < -0.3 is 15.1 Å². The van der Waals surface area contributed by atoms with Crippen molar-refractivity contribution in [1.29, 1.82) is 0 Å². The molecule has 0 radical (unpaired) electrons. The third kappa shape index (κ3) is 5.39. The molecule has 1 aromatic heterocycles. The molecular weight excluding hydrogens is 368 g/mol. The van der Waals surface area contributed by atoms with Gasteiger partial charge in [-0.2, -0.15) is 0 Å². The normalized spacial score (nSPS) is 10.4. The third-order valence-electron chi connectivity index (χ3n) is 3.59. The second-order valence-corrected chi connectivity index (χ2v) is 6.25. The molecule has 2 aromatic carbocycles. The SMILES string of the molecule is CC(=O)Nc1cccc(NC(=O)CCc2nnc(-c3ccc(Cl)cc3)o2)c1. The lowest BCUT2D eigenvalue weighted by molar-refractivity contribution is -0.116. The van der Waals surface area contributed by atoms with Crippen molar-refractivity contribution in [3.05, 3.63) is 59.4 Å². The molecule has 2 amide bonds. The molecule has 8 heteroatoms. The Morgan fingerprint density at radius 3 is 2.44 bits per heavy atom. The first-order valence-electron chi connectivity index (χ1n) is 8.25. The highest BCUT2D eigenvalue weighted by molar-refractivity contribution is 6.30. The minimum atomic E-state index is -0.193. The molecule has 0 unspecified atom stereocenters.